The minimum absolute atomic E-state index is 0.0720. The second kappa shape index (κ2) is 7.63. The molecule has 1 aliphatic heterocycles. The fraction of sp³-hybridized carbons (Fsp3) is 0.130. The van der Waals surface area contributed by atoms with Gasteiger partial charge in [0, 0.05) is 34.0 Å². The Morgan fingerprint density at radius 3 is 2.77 bits per heavy atom. The van der Waals surface area contributed by atoms with Crippen molar-refractivity contribution in [3.63, 3.8) is 0 Å². The molecule has 2 aromatic heterocycles. The Bertz CT molecular complexity index is 1250. The Labute approximate surface area is 182 Å². The van der Waals surface area contributed by atoms with E-state index in [1.807, 2.05) is 48.5 Å². The summed E-state index contributed by atoms with van der Waals surface area (Å²) in [5.41, 5.74) is 8.61. The molecule has 0 unspecified atom stereocenters. The van der Waals surface area contributed by atoms with E-state index in [1.165, 1.54) is 11.3 Å². The second-order valence-corrected chi connectivity index (χ2v) is 8.54. The Morgan fingerprint density at radius 2 is 1.97 bits per heavy atom. The first-order valence-electron chi connectivity index (χ1n) is 9.54. The molecule has 2 N–H and O–H groups in total. The van der Waals surface area contributed by atoms with E-state index in [-0.39, 0.29) is 5.91 Å². The molecular weight excluding hydrogens is 418 g/mol. The van der Waals surface area contributed by atoms with Crippen LogP contribution in [0.15, 0.2) is 60.8 Å². The summed E-state index contributed by atoms with van der Waals surface area (Å²) < 4.78 is 6.91. The Morgan fingerprint density at radius 1 is 1.13 bits per heavy atom. The highest BCUT2D eigenvalue weighted by atomic mass is 35.5. The predicted molar refractivity (Wildman–Crippen MR) is 121 cm³/mol. The lowest BCUT2D eigenvalue weighted by molar-refractivity contribution is 0.0738. The Hall–Kier alpha value is -3.09. The highest BCUT2D eigenvalue weighted by Crippen LogP contribution is 2.37. The lowest BCUT2D eigenvalue weighted by Gasteiger charge is -2.19. The molecule has 0 spiro atoms. The summed E-state index contributed by atoms with van der Waals surface area (Å²) in [6.45, 7) is 1.38. The SMILES string of the molecule is Nc1ccc(-c2ccc3c(c2)CN(C(=O)c2sc4ccccc4c2Cl)CCO3)cn1. The van der Waals surface area contributed by atoms with Gasteiger partial charge in [-0.3, -0.25) is 4.79 Å². The number of nitrogen functional groups attached to an aromatic ring is 1. The maximum absolute atomic E-state index is 13.3. The number of aromatic nitrogens is 1. The third-order valence-electron chi connectivity index (χ3n) is 5.18. The minimum Gasteiger partial charge on any atom is -0.491 e. The van der Waals surface area contributed by atoms with Gasteiger partial charge in [-0.05, 0) is 35.9 Å². The van der Waals surface area contributed by atoms with Gasteiger partial charge in [-0.2, -0.15) is 0 Å². The van der Waals surface area contributed by atoms with Crippen LogP contribution in [0.25, 0.3) is 21.2 Å². The molecule has 4 aromatic rings. The summed E-state index contributed by atoms with van der Waals surface area (Å²) in [6, 6.07) is 17.5. The van der Waals surface area contributed by atoms with Crippen molar-refractivity contribution < 1.29 is 9.53 Å². The van der Waals surface area contributed by atoms with Crippen molar-refractivity contribution in [1.82, 2.24) is 9.88 Å². The van der Waals surface area contributed by atoms with Gasteiger partial charge in [0.2, 0.25) is 0 Å². The zero-order valence-corrected chi connectivity index (χ0v) is 17.5. The van der Waals surface area contributed by atoms with Crippen LogP contribution in [0, 0.1) is 0 Å². The number of anilines is 1. The summed E-state index contributed by atoms with van der Waals surface area (Å²) >= 11 is 7.98. The van der Waals surface area contributed by atoms with Crippen molar-refractivity contribution in [1.29, 1.82) is 0 Å². The first-order valence-corrected chi connectivity index (χ1v) is 10.7. The van der Waals surface area contributed by atoms with Gasteiger partial charge in [-0.25, -0.2) is 4.98 Å². The average Bonchev–Trinajstić information content (AvgIpc) is 2.96. The Kier molecular flexibility index (Phi) is 4.81. The molecule has 3 heterocycles. The third-order valence-corrected chi connectivity index (χ3v) is 6.84. The van der Waals surface area contributed by atoms with Crippen molar-refractivity contribution in [3.05, 3.63) is 76.3 Å². The number of hydrogen-bond acceptors (Lipinski definition) is 5. The van der Waals surface area contributed by atoms with E-state index in [0.717, 1.165) is 32.5 Å². The fourth-order valence-electron chi connectivity index (χ4n) is 3.62. The molecule has 150 valence electrons. The van der Waals surface area contributed by atoms with Gasteiger partial charge >= 0.3 is 0 Å². The van der Waals surface area contributed by atoms with Gasteiger partial charge in [0.1, 0.15) is 23.1 Å². The number of thiophene rings is 1. The molecule has 0 saturated carbocycles. The van der Waals surface area contributed by atoms with Gasteiger partial charge in [0.05, 0.1) is 11.6 Å². The van der Waals surface area contributed by atoms with Crippen LogP contribution >= 0.6 is 22.9 Å². The maximum Gasteiger partial charge on any atom is 0.265 e. The number of rotatable bonds is 2. The number of pyridine rings is 1. The lowest BCUT2D eigenvalue weighted by Crippen LogP contribution is -2.32. The molecule has 0 radical (unpaired) electrons. The van der Waals surface area contributed by atoms with Crippen molar-refractivity contribution in [2.75, 3.05) is 18.9 Å². The molecule has 7 heteroatoms. The largest absolute Gasteiger partial charge is 0.491 e. The van der Waals surface area contributed by atoms with E-state index in [9.17, 15) is 4.79 Å². The van der Waals surface area contributed by atoms with E-state index in [0.29, 0.717) is 35.4 Å². The molecule has 0 fully saturated rings. The van der Waals surface area contributed by atoms with Gasteiger partial charge in [-0.1, -0.05) is 35.9 Å². The Balaban J connectivity index is 1.47. The number of benzene rings is 2. The summed E-state index contributed by atoms with van der Waals surface area (Å²) in [6.07, 6.45) is 1.74. The molecule has 0 atom stereocenters. The summed E-state index contributed by atoms with van der Waals surface area (Å²) in [5, 5.41) is 1.44. The van der Waals surface area contributed by atoms with Crippen molar-refractivity contribution >= 4 is 44.7 Å². The number of carbonyl (C=O) groups excluding carboxylic acids is 1. The van der Waals surface area contributed by atoms with Crippen molar-refractivity contribution in [2.24, 2.45) is 0 Å². The van der Waals surface area contributed by atoms with Gasteiger partial charge < -0.3 is 15.4 Å². The number of ether oxygens (including phenoxy) is 1. The van der Waals surface area contributed by atoms with Crippen LogP contribution in [-0.4, -0.2) is 28.9 Å². The van der Waals surface area contributed by atoms with Crippen LogP contribution in [0.3, 0.4) is 0 Å². The average molecular weight is 436 g/mol. The molecule has 30 heavy (non-hydrogen) atoms. The zero-order valence-electron chi connectivity index (χ0n) is 16.0. The minimum atomic E-state index is -0.0720. The topological polar surface area (TPSA) is 68.5 Å². The quantitative estimate of drug-likeness (QED) is 0.468. The molecular formula is C23H18ClN3O2S. The van der Waals surface area contributed by atoms with Crippen molar-refractivity contribution in [2.45, 2.75) is 6.54 Å². The van der Waals surface area contributed by atoms with Crippen LogP contribution < -0.4 is 10.5 Å². The van der Waals surface area contributed by atoms with Gasteiger partial charge in [0.25, 0.3) is 5.91 Å². The van der Waals surface area contributed by atoms with Crippen LogP contribution in [0.5, 0.6) is 5.75 Å². The number of halogens is 1. The van der Waals surface area contributed by atoms with E-state index >= 15 is 0 Å². The number of nitrogens with two attached hydrogens (primary N) is 1. The highest BCUT2D eigenvalue weighted by molar-refractivity contribution is 7.21. The normalized spacial score (nSPS) is 13.6. The molecule has 5 rings (SSSR count). The van der Waals surface area contributed by atoms with Gasteiger partial charge in [0.15, 0.2) is 0 Å². The smallest absolute Gasteiger partial charge is 0.265 e. The fourth-order valence-corrected chi connectivity index (χ4v) is 5.10. The maximum atomic E-state index is 13.3. The van der Waals surface area contributed by atoms with E-state index < -0.39 is 0 Å². The van der Waals surface area contributed by atoms with Crippen LogP contribution in [0.2, 0.25) is 5.02 Å². The molecule has 0 bridgehead atoms. The van der Waals surface area contributed by atoms with E-state index in [2.05, 4.69) is 4.98 Å². The molecule has 0 saturated heterocycles. The first kappa shape index (κ1) is 18.9. The molecule has 0 aliphatic carbocycles. The van der Waals surface area contributed by atoms with Crippen LogP contribution in [0.4, 0.5) is 5.82 Å². The van der Waals surface area contributed by atoms with Gasteiger partial charge in [-0.15, -0.1) is 11.3 Å². The summed E-state index contributed by atoms with van der Waals surface area (Å²) in [7, 11) is 0. The molecule has 1 amide bonds. The van der Waals surface area contributed by atoms with Crippen LogP contribution in [-0.2, 0) is 6.54 Å². The summed E-state index contributed by atoms with van der Waals surface area (Å²) in [4.78, 5) is 19.9. The summed E-state index contributed by atoms with van der Waals surface area (Å²) in [5.74, 6) is 1.20. The van der Waals surface area contributed by atoms with E-state index in [1.54, 1.807) is 17.2 Å². The third kappa shape index (κ3) is 3.38. The highest BCUT2D eigenvalue weighted by Gasteiger charge is 2.25. The number of amides is 1. The number of carbonyl (C=O) groups is 1. The standard InChI is InChI=1S/C23H18ClN3O2S/c24-21-17-3-1-2-4-19(17)30-22(21)23(28)27-9-10-29-18-7-5-14(11-16(18)13-27)15-6-8-20(25)26-12-15/h1-8,11-12H,9-10,13H2,(H2,25,26). The number of hydrogen-bond donors (Lipinski definition) is 1. The van der Waals surface area contributed by atoms with Crippen LogP contribution in [0.1, 0.15) is 15.2 Å². The number of fused-ring (bicyclic) bond motifs is 2. The lowest BCUT2D eigenvalue weighted by atomic mass is 10.0. The first-order chi connectivity index (χ1) is 14.6. The predicted octanol–water partition coefficient (Wildman–Crippen LogP) is 5.23. The van der Waals surface area contributed by atoms with E-state index in [4.69, 9.17) is 22.1 Å². The molecule has 2 aromatic carbocycles. The molecule has 5 nitrogen and oxygen atoms in total. The van der Waals surface area contributed by atoms with Crippen molar-refractivity contribution in [3.8, 4) is 16.9 Å². The second-order valence-electron chi connectivity index (χ2n) is 7.11. The number of nitrogens with zero attached hydrogens (tertiary/aromatic N) is 2. The monoisotopic (exact) mass is 435 g/mol. The zero-order chi connectivity index (χ0) is 20.7. The molecule has 1 aliphatic rings.